The predicted octanol–water partition coefficient (Wildman–Crippen LogP) is 6.33. The van der Waals surface area contributed by atoms with Gasteiger partial charge in [0.05, 0.1) is 64.9 Å². The quantitative estimate of drug-likeness (QED) is 0.0626. The molecule has 2 aliphatic heterocycles. The van der Waals surface area contributed by atoms with Crippen LogP contribution in [0.1, 0.15) is 36.1 Å². The molecule has 0 aliphatic carbocycles. The lowest BCUT2D eigenvalue weighted by Crippen LogP contribution is -2.49. The molecule has 4 heterocycles. The van der Waals surface area contributed by atoms with Crippen LogP contribution in [0.5, 0.6) is 11.5 Å². The lowest BCUT2D eigenvalue weighted by atomic mass is 10.00. The van der Waals surface area contributed by atoms with E-state index in [1.807, 2.05) is 14.1 Å². The van der Waals surface area contributed by atoms with Gasteiger partial charge in [-0.15, -0.1) is 0 Å². The second-order valence-electron chi connectivity index (χ2n) is 13.8. The third kappa shape index (κ3) is 8.37. The van der Waals surface area contributed by atoms with Gasteiger partial charge in [-0.25, -0.2) is 18.6 Å². The van der Waals surface area contributed by atoms with Crippen LogP contribution in [0.4, 0.5) is 36.7 Å². The van der Waals surface area contributed by atoms with E-state index in [0.717, 1.165) is 11.0 Å². The number of likely N-dealkylation sites (N-methyl/N-ethyl adjacent to an activating group) is 1. The van der Waals surface area contributed by atoms with E-state index in [0.29, 0.717) is 51.9 Å². The molecule has 6 rings (SSSR count). The van der Waals surface area contributed by atoms with E-state index in [9.17, 15) is 19.7 Å². The fraction of sp³-hybridized carbons (Fsp3) is 0.282. The van der Waals surface area contributed by atoms with Crippen LogP contribution in [-0.4, -0.2) is 83.8 Å². The number of quaternary nitrogens is 1. The number of hydrogen-bond acceptors (Lipinski definition) is 11. The van der Waals surface area contributed by atoms with Crippen molar-refractivity contribution >= 4 is 41.2 Å². The number of nitro groups is 1. The molecule has 1 N–H and O–H groups in total. The van der Waals surface area contributed by atoms with E-state index in [1.54, 1.807) is 61.8 Å². The second-order valence-corrected chi connectivity index (χ2v) is 13.8. The van der Waals surface area contributed by atoms with Gasteiger partial charge >= 0.3 is 11.9 Å². The number of aromatic nitrogens is 3. The standard InChI is InChI=1S/C39H40F2N9O6/c1-24(26-10-6-9-25(17-26)18-30(51)12-8-16-50(2,3)23-27-13-15-43-36(27)49(53)54)48-37-28(20-44-38(46-37)45-29-11-7-14-42-21-29)22-47(39(48)52)35-33(40)31(55-4)19-32(56-5)34(35)41/h6-12,14-15,17,19-21,24H,13,16,18,22-23H2,1-5H3,(H,44,45,46)/q+1/b12-8+. The van der Waals surface area contributed by atoms with E-state index in [1.165, 1.54) is 37.6 Å². The Morgan fingerprint density at radius 3 is 2.54 bits per heavy atom. The van der Waals surface area contributed by atoms with Crippen LogP contribution in [0.15, 0.2) is 89.6 Å². The van der Waals surface area contributed by atoms with Gasteiger partial charge in [0.2, 0.25) is 5.95 Å². The number of hydrogen-bond donors (Lipinski definition) is 1. The molecule has 0 bridgehead atoms. The lowest BCUT2D eigenvalue weighted by Gasteiger charge is -2.39. The number of pyridine rings is 1. The van der Waals surface area contributed by atoms with Gasteiger partial charge in [-0.05, 0) is 47.3 Å². The number of carbonyl (C=O) groups excluding carboxylic acids is 2. The van der Waals surface area contributed by atoms with Crippen molar-refractivity contribution in [2.45, 2.75) is 32.4 Å². The number of amides is 2. The summed E-state index contributed by atoms with van der Waals surface area (Å²) in [4.78, 5) is 57.9. The van der Waals surface area contributed by atoms with Crippen LogP contribution < -0.4 is 24.6 Å². The zero-order valence-corrected chi connectivity index (χ0v) is 31.4. The smallest absolute Gasteiger partial charge is 0.368 e. The monoisotopic (exact) mass is 768 g/mol. The summed E-state index contributed by atoms with van der Waals surface area (Å²) < 4.78 is 42.4. The van der Waals surface area contributed by atoms with Gasteiger partial charge in [0.1, 0.15) is 24.3 Å². The summed E-state index contributed by atoms with van der Waals surface area (Å²) in [7, 11) is 6.28. The molecule has 0 radical (unpaired) electrons. The lowest BCUT2D eigenvalue weighted by molar-refractivity contribution is -0.880. The van der Waals surface area contributed by atoms with Crippen molar-refractivity contribution in [2.75, 3.05) is 56.5 Å². The number of methoxy groups -OCH3 is 2. The van der Waals surface area contributed by atoms with Gasteiger partial charge in [0.25, 0.3) is 0 Å². The van der Waals surface area contributed by atoms with Gasteiger partial charge in [-0.2, -0.15) is 4.98 Å². The highest BCUT2D eigenvalue weighted by Gasteiger charge is 2.40. The number of anilines is 4. The van der Waals surface area contributed by atoms with Gasteiger partial charge in [-0.1, -0.05) is 29.3 Å². The molecular weight excluding hydrogens is 728 g/mol. The summed E-state index contributed by atoms with van der Waals surface area (Å²) in [6, 6.07) is 10.2. The minimum Gasteiger partial charge on any atom is -0.493 e. The Kier molecular flexibility index (Phi) is 11.4. The van der Waals surface area contributed by atoms with Crippen LogP contribution in [0, 0.1) is 21.7 Å². The number of benzene rings is 2. The molecule has 17 heteroatoms. The fourth-order valence-corrected chi connectivity index (χ4v) is 6.60. The molecule has 15 nitrogen and oxygen atoms in total. The average Bonchev–Trinajstić information content (AvgIpc) is 3.63. The number of aliphatic imine (C=N–C) groups is 1. The van der Waals surface area contributed by atoms with Crippen LogP contribution >= 0.6 is 0 Å². The summed E-state index contributed by atoms with van der Waals surface area (Å²) in [5, 5.41) is 14.4. The minimum atomic E-state index is -1.09. The molecule has 56 heavy (non-hydrogen) atoms. The molecule has 2 aliphatic rings. The van der Waals surface area contributed by atoms with Gasteiger partial charge < -0.3 is 29.4 Å². The molecule has 0 fully saturated rings. The molecule has 0 saturated carbocycles. The van der Waals surface area contributed by atoms with Crippen molar-refractivity contribution in [3.05, 3.63) is 123 Å². The van der Waals surface area contributed by atoms with Gasteiger partial charge in [0, 0.05) is 36.9 Å². The molecule has 0 spiro atoms. The summed E-state index contributed by atoms with van der Waals surface area (Å²) >= 11 is 0. The predicted molar refractivity (Wildman–Crippen MR) is 205 cm³/mol. The first kappa shape index (κ1) is 39.1. The number of rotatable bonds is 15. The van der Waals surface area contributed by atoms with E-state index < -0.39 is 34.3 Å². The van der Waals surface area contributed by atoms with E-state index >= 15 is 8.78 Å². The van der Waals surface area contributed by atoms with Crippen LogP contribution in [-0.2, 0) is 17.8 Å². The zero-order chi connectivity index (χ0) is 40.1. The highest BCUT2D eigenvalue weighted by atomic mass is 19.1. The van der Waals surface area contributed by atoms with Crippen molar-refractivity contribution in [1.29, 1.82) is 0 Å². The topological polar surface area (TPSA) is 165 Å². The van der Waals surface area contributed by atoms with Crippen molar-refractivity contribution in [3.8, 4) is 11.5 Å². The first-order chi connectivity index (χ1) is 26.8. The van der Waals surface area contributed by atoms with Gasteiger partial charge in [0.15, 0.2) is 28.9 Å². The Hall–Kier alpha value is -6.62. The van der Waals surface area contributed by atoms with Gasteiger partial charge in [-0.3, -0.25) is 19.6 Å². The maximum atomic E-state index is 15.9. The number of nitrogens with one attached hydrogen (secondary N) is 1. The molecule has 0 saturated heterocycles. The molecule has 2 amide bonds. The van der Waals surface area contributed by atoms with Crippen LogP contribution in [0.25, 0.3) is 0 Å². The molecule has 290 valence electrons. The number of carbonyl (C=O) groups is 2. The molecule has 4 aromatic rings. The van der Waals surface area contributed by atoms with Crippen molar-refractivity contribution < 1.29 is 37.2 Å². The SMILES string of the molecule is COc1cc(OC)c(F)c(N2Cc3cnc(Nc4cccnc4)nc3N(C(C)c3cccc(CC(=O)/C=C/C[N+](C)(C)CC4=C([N+](=O)[O-])N=CC4)c3)C2=O)c1F. The third-order valence-electron chi connectivity index (χ3n) is 9.34. The number of fused-ring (bicyclic) bond motifs is 1. The number of urea groups is 1. The maximum Gasteiger partial charge on any atom is 0.368 e. The Labute approximate surface area is 321 Å². The van der Waals surface area contributed by atoms with Crippen LogP contribution in [0.3, 0.4) is 0 Å². The summed E-state index contributed by atoms with van der Waals surface area (Å²) in [6.07, 6.45) is 9.91. The normalized spacial score (nSPS) is 14.7. The Morgan fingerprint density at radius 1 is 1.11 bits per heavy atom. The van der Waals surface area contributed by atoms with E-state index in [4.69, 9.17) is 9.47 Å². The summed E-state index contributed by atoms with van der Waals surface area (Å²) in [5.74, 6) is -2.74. The van der Waals surface area contributed by atoms with E-state index in [-0.39, 0.29) is 47.8 Å². The highest BCUT2D eigenvalue weighted by molar-refractivity contribution is 6.06. The van der Waals surface area contributed by atoms with E-state index in [2.05, 4.69) is 25.3 Å². The molecular formula is C39H40F2N9O6+. The number of ketones is 1. The van der Waals surface area contributed by atoms with Crippen molar-refractivity contribution in [1.82, 2.24) is 15.0 Å². The third-order valence-corrected chi connectivity index (χ3v) is 9.34. The van der Waals surface area contributed by atoms with Crippen molar-refractivity contribution in [2.24, 2.45) is 4.99 Å². The minimum absolute atomic E-state index is 0.0486. The van der Waals surface area contributed by atoms with Crippen LogP contribution in [0.2, 0.25) is 0 Å². The molecule has 1 atom stereocenters. The molecule has 1 unspecified atom stereocenters. The first-order valence-corrected chi connectivity index (χ1v) is 17.5. The Morgan fingerprint density at radius 2 is 1.86 bits per heavy atom. The highest BCUT2D eigenvalue weighted by Crippen LogP contribution is 2.42. The number of nitrogens with zero attached hydrogens (tertiary/aromatic N) is 8. The second kappa shape index (κ2) is 16.4. The average molecular weight is 769 g/mol. The summed E-state index contributed by atoms with van der Waals surface area (Å²) in [6.45, 7) is 2.33. The number of ether oxygens (including phenoxy) is 2. The number of halogens is 2. The number of allylic oxidation sites excluding steroid dienone is 1. The first-order valence-electron chi connectivity index (χ1n) is 17.5. The Balaban J connectivity index is 1.27. The molecule has 2 aromatic heterocycles. The zero-order valence-electron chi connectivity index (χ0n) is 31.4. The van der Waals surface area contributed by atoms with Crippen molar-refractivity contribution in [3.63, 3.8) is 0 Å². The molecule has 2 aromatic carbocycles. The largest absolute Gasteiger partial charge is 0.493 e. The fourth-order valence-electron chi connectivity index (χ4n) is 6.60. The Bertz CT molecular complexity index is 2240. The maximum absolute atomic E-state index is 15.9. The summed E-state index contributed by atoms with van der Waals surface area (Å²) in [5.41, 5.74) is 2.26.